The van der Waals surface area contributed by atoms with E-state index in [2.05, 4.69) is 86.8 Å². The zero-order valence-electron chi connectivity index (χ0n) is 33.4. The van der Waals surface area contributed by atoms with Crippen molar-refractivity contribution in [3.63, 3.8) is 0 Å². The Hall–Kier alpha value is -1.65. The summed E-state index contributed by atoms with van der Waals surface area (Å²) in [6.07, 6.45) is 54.3. The Balaban J connectivity index is 4.21. The second-order valence-electron chi connectivity index (χ2n) is 14.9. The number of allylic oxidation sites excluding steroid dienone is 8. The first-order valence-corrected chi connectivity index (χ1v) is 21.3. The smallest absolute Gasteiger partial charge is 0.237 e. The molecule has 286 valence electrons. The van der Waals surface area contributed by atoms with Crippen LogP contribution in [-0.4, -0.2) is 43.5 Å². The third-order valence-electron chi connectivity index (χ3n) is 9.56. The van der Waals surface area contributed by atoms with Crippen LogP contribution in [0.5, 0.6) is 0 Å². The molecule has 0 saturated heterocycles. The van der Waals surface area contributed by atoms with Gasteiger partial charge < -0.3 is 16.0 Å². The minimum absolute atomic E-state index is 0.0647. The summed E-state index contributed by atoms with van der Waals surface area (Å²) < 4.78 is 0. The monoisotopic (exact) mass is 684 g/mol. The predicted molar refractivity (Wildman–Crippen MR) is 220 cm³/mol. The number of nitrogens with zero attached hydrogens (tertiary/aromatic N) is 1. The number of carbonyl (C=O) groups is 1. The summed E-state index contributed by atoms with van der Waals surface area (Å²) in [5, 5.41) is 3.37. The van der Waals surface area contributed by atoms with E-state index in [9.17, 15) is 4.79 Å². The van der Waals surface area contributed by atoms with Crippen LogP contribution in [0.2, 0.25) is 0 Å². The molecule has 1 amide bonds. The molecular weight excluding hydrogens is 599 g/mol. The number of unbranched alkanes of at least 4 members (excludes halogenated alkanes) is 19. The molecule has 0 aromatic carbocycles. The summed E-state index contributed by atoms with van der Waals surface area (Å²) in [5.41, 5.74) is 6.32. The van der Waals surface area contributed by atoms with E-state index in [-0.39, 0.29) is 18.0 Å². The first kappa shape index (κ1) is 47.4. The van der Waals surface area contributed by atoms with Gasteiger partial charge in [-0.1, -0.05) is 159 Å². The average molecular weight is 684 g/mol. The topological polar surface area (TPSA) is 58.4 Å². The number of carbonyl (C=O) groups excluding carboxylic acids is 1. The van der Waals surface area contributed by atoms with E-state index >= 15 is 0 Å². The zero-order chi connectivity index (χ0) is 35.9. The van der Waals surface area contributed by atoms with Gasteiger partial charge >= 0.3 is 0 Å². The van der Waals surface area contributed by atoms with E-state index in [4.69, 9.17) is 5.73 Å². The Morgan fingerprint density at radius 2 is 0.878 bits per heavy atom. The fraction of sp³-hybridized carbons (Fsp3) is 0.800. The van der Waals surface area contributed by atoms with E-state index in [1.54, 1.807) is 0 Å². The van der Waals surface area contributed by atoms with Crippen LogP contribution in [0, 0.1) is 0 Å². The lowest BCUT2D eigenvalue weighted by molar-refractivity contribution is -0.123. The molecule has 0 heterocycles. The molecule has 0 aromatic rings. The Bertz CT molecular complexity index is 751. The fourth-order valence-electron chi connectivity index (χ4n) is 6.28. The molecule has 0 radical (unpaired) electrons. The van der Waals surface area contributed by atoms with Crippen molar-refractivity contribution in [1.82, 2.24) is 10.2 Å². The normalized spacial score (nSPS) is 13.6. The van der Waals surface area contributed by atoms with Gasteiger partial charge in [0.25, 0.3) is 0 Å². The van der Waals surface area contributed by atoms with Crippen molar-refractivity contribution in [3.8, 4) is 0 Å². The lowest BCUT2D eigenvalue weighted by Crippen LogP contribution is -2.45. The minimum atomic E-state index is -0.378. The summed E-state index contributed by atoms with van der Waals surface area (Å²) in [5.74, 6) is 0.0647. The summed E-state index contributed by atoms with van der Waals surface area (Å²) in [6.45, 7) is 5.58. The largest absolute Gasteiger partial charge is 0.352 e. The predicted octanol–water partition coefficient (Wildman–Crippen LogP) is 12.9. The van der Waals surface area contributed by atoms with Gasteiger partial charge in [-0.25, -0.2) is 0 Å². The van der Waals surface area contributed by atoms with E-state index in [1.165, 1.54) is 141 Å². The van der Waals surface area contributed by atoms with E-state index in [0.717, 1.165) is 51.5 Å². The maximum atomic E-state index is 13.0. The Morgan fingerprint density at radius 3 is 1.29 bits per heavy atom. The van der Waals surface area contributed by atoms with Crippen LogP contribution in [-0.2, 0) is 4.79 Å². The zero-order valence-corrected chi connectivity index (χ0v) is 33.4. The molecule has 49 heavy (non-hydrogen) atoms. The van der Waals surface area contributed by atoms with E-state index in [1.807, 2.05) is 0 Å². The number of hydrogen-bond donors (Lipinski definition) is 2. The number of rotatable bonds is 37. The number of nitrogens with one attached hydrogen (secondary N) is 1. The van der Waals surface area contributed by atoms with Crippen LogP contribution in [0.4, 0.5) is 0 Å². The standard InChI is InChI=1S/C45H85N3O/c1-5-7-9-11-13-15-17-19-21-23-25-27-29-31-33-35-39-43(47-45(49)44(46)41-37-38-42-48(3)4)40-36-34-32-30-28-26-24-22-20-18-16-14-12-10-8-6-2/h13-16,19-22,43-44H,5-12,17-18,23-42,46H2,1-4H3,(H,47,49). The maximum Gasteiger partial charge on any atom is 0.237 e. The Kier molecular flexibility index (Phi) is 37.8. The van der Waals surface area contributed by atoms with Crippen molar-refractivity contribution >= 4 is 5.91 Å². The average Bonchev–Trinajstić information content (AvgIpc) is 3.09. The van der Waals surface area contributed by atoms with Gasteiger partial charge in [0.2, 0.25) is 5.91 Å². The van der Waals surface area contributed by atoms with Gasteiger partial charge in [-0.3, -0.25) is 4.79 Å². The molecule has 0 aliphatic rings. The second kappa shape index (κ2) is 39.1. The summed E-state index contributed by atoms with van der Waals surface area (Å²) in [6, 6.07) is -0.103. The van der Waals surface area contributed by atoms with Crippen LogP contribution in [0.25, 0.3) is 0 Å². The van der Waals surface area contributed by atoms with Gasteiger partial charge in [0, 0.05) is 6.04 Å². The highest BCUT2D eigenvalue weighted by Gasteiger charge is 2.17. The number of nitrogens with two attached hydrogens (primary N) is 1. The van der Waals surface area contributed by atoms with Gasteiger partial charge in [0.1, 0.15) is 0 Å². The first-order chi connectivity index (χ1) is 24.0. The van der Waals surface area contributed by atoms with Crippen LogP contribution >= 0.6 is 0 Å². The van der Waals surface area contributed by atoms with Gasteiger partial charge in [-0.15, -0.1) is 0 Å². The van der Waals surface area contributed by atoms with Crippen molar-refractivity contribution in [2.75, 3.05) is 20.6 Å². The van der Waals surface area contributed by atoms with Gasteiger partial charge in [-0.05, 0) is 111 Å². The molecule has 4 nitrogen and oxygen atoms in total. The van der Waals surface area contributed by atoms with Crippen LogP contribution in [0.15, 0.2) is 48.6 Å². The third kappa shape index (κ3) is 37.4. The molecule has 0 bridgehead atoms. The van der Waals surface area contributed by atoms with Gasteiger partial charge in [0.15, 0.2) is 0 Å². The third-order valence-corrected chi connectivity index (χ3v) is 9.56. The minimum Gasteiger partial charge on any atom is -0.352 e. The highest BCUT2D eigenvalue weighted by atomic mass is 16.2. The summed E-state index contributed by atoms with van der Waals surface area (Å²) in [7, 11) is 4.19. The molecular formula is C45H85N3O. The van der Waals surface area contributed by atoms with E-state index < -0.39 is 0 Å². The SMILES string of the molecule is CCCCCC=CCC=CCCCCCCCCC(CCCCCCCCC=CCC=CCCCCC)NC(=O)C(N)CCCCN(C)C. The summed E-state index contributed by atoms with van der Waals surface area (Å²) in [4.78, 5) is 15.2. The fourth-order valence-corrected chi connectivity index (χ4v) is 6.28. The molecule has 0 aliphatic heterocycles. The highest BCUT2D eigenvalue weighted by Crippen LogP contribution is 2.16. The van der Waals surface area contributed by atoms with Crippen LogP contribution in [0.1, 0.15) is 200 Å². The van der Waals surface area contributed by atoms with Crippen molar-refractivity contribution in [3.05, 3.63) is 48.6 Å². The molecule has 4 heteroatoms. The molecule has 3 N–H and O–H groups in total. The molecule has 0 saturated carbocycles. The lowest BCUT2D eigenvalue weighted by Gasteiger charge is -2.21. The summed E-state index contributed by atoms with van der Waals surface area (Å²) >= 11 is 0. The lowest BCUT2D eigenvalue weighted by atomic mass is 9.99. The maximum absolute atomic E-state index is 13.0. The van der Waals surface area contributed by atoms with Crippen molar-refractivity contribution in [1.29, 1.82) is 0 Å². The van der Waals surface area contributed by atoms with Crippen molar-refractivity contribution in [2.45, 2.75) is 212 Å². The highest BCUT2D eigenvalue weighted by molar-refractivity contribution is 5.81. The number of amides is 1. The molecule has 1 unspecified atom stereocenters. The molecule has 0 aliphatic carbocycles. The van der Waals surface area contributed by atoms with Crippen LogP contribution < -0.4 is 11.1 Å². The molecule has 0 aromatic heterocycles. The van der Waals surface area contributed by atoms with Crippen LogP contribution in [0.3, 0.4) is 0 Å². The second-order valence-corrected chi connectivity index (χ2v) is 14.9. The van der Waals surface area contributed by atoms with Gasteiger partial charge in [-0.2, -0.15) is 0 Å². The number of hydrogen-bond acceptors (Lipinski definition) is 3. The molecule has 1 atom stereocenters. The molecule has 0 fully saturated rings. The molecule has 0 rings (SSSR count). The van der Waals surface area contributed by atoms with Crippen molar-refractivity contribution < 1.29 is 4.79 Å². The Morgan fingerprint density at radius 1 is 0.510 bits per heavy atom. The van der Waals surface area contributed by atoms with E-state index in [0.29, 0.717) is 0 Å². The Labute approximate surface area is 307 Å². The first-order valence-electron chi connectivity index (χ1n) is 21.3. The molecule has 0 spiro atoms. The quantitative estimate of drug-likeness (QED) is 0.0506. The van der Waals surface area contributed by atoms with Gasteiger partial charge in [0.05, 0.1) is 6.04 Å². The van der Waals surface area contributed by atoms with Crippen molar-refractivity contribution in [2.24, 2.45) is 5.73 Å².